The summed E-state index contributed by atoms with van der Waals surface area (Å²) in [6.45, 7) is 6.01. The molecule has 2 N–H and O–H groups in total. The van der Waals surface area contributed by atoms with E-state index in [0.717, 1.165) is 25.3 Å². The van der Waals surface area contributed by atoms with Crippen LogP contribution in [0.1, 0.15) is 58.2 Å². The molecule has 2 aromatic heterocycles. The first-order valence-corrected chi connectivity index (χ1v) is 8.45. The van der Waals surface area contributed by atoms with E-state index in [-0.39, 0.29) is 17.1 Å². The van der Waals surface area contributed by atoms with Gasteiger partial charge in [0.05, 0.1) is 0 Å². The van der Waals surface area contributed by atoms with Crippen LogP contribution in [0, 0.1) is 5.41 Å². The highest BCUT2D eigenvalue weighted by Gasteiger charge is 2.34. The lowest BCUT2D eigenvalue weighted by molar-refractivity contribution is -0.141. The molecule has 0 spiro atoms. The van der Waals surface area contributed by atoms with E-state index in [1.807, 2.05) is 20.8 Å². The summed E-state index contributed by atoms with van der Waals surface area (Å²) in [6, 6.07) is 2.34. The molecule has 1 aliphatic rings. The highest BCUT2D eigenvalue weighted by Crippen LogP contribution is 2.38. The largest absolute Gasteiger partial charge is 0.433 e. The van der Waals surface area contributed by atoms with E-state index < -0.39 is 18.1 Å². The number of anilines is 1. The summed E-state index contributed by atoms with van der Waals surface area (Å²) in [5, 5.41) is 13.2. The van der Waals surface area contributed by atoms with E-state index >= 15 is 0 Å². The first-order valence-electron chi connectivity index (χ1n) is 8.45. The molecule has 0 aromatic carbocycles. The first kappa shape index (κ1) is 18.0. The number of nitrogens with zero attached hydrogens (tertiary/aromatic N) is 3. The van der Waals surface area contributed by atoms with Gasteiger partial charge in [-0.15, -0.1) is 0 Å². The van der Waals surface area contributed by atoms with E-state index in [9.17, 15) is 18.3 Å². The molecule has 1 unspecified atom stereocenters. The molecule has 1 atom stereocenters. The van der Waals surface area contributed by atoms with Gasteiger partial charge in [0, 0.05) is 6.04 Å². The lowest BCUT2D eigenvalue weighted by Gasteiger charge is -2.30. The van der Waals surface area contributed by atoms with Gasteiger partial charge in [0.15, 0.2) is 5.65 Å². The smallest absolute Gasteiger partial charge is 0.374 e. The predicted molar refractivity (Wildman–Crippen MR) is 89.1 cm³/mol. The molecule has 0 aliphatic heterocycles. The summed E-state index contributed by atoms with van der Waals surface area (Å²) >= 11 is 0. The number of fused-ring (bicyclic) bond motifs is 1. The zero-order chi connectivity index (χ0) is 18.4. The van der Waals surface area contributed by atoms with Crippen LogP contribution in [-0.4, -0.2) is 25.9 Å². The number of aromatic nitrogens is 3. The third-order valence-electron chi connectivity index (χ3n) is 4.37. The molecular weight excluding hydrogens is 333 g/mol. The van der Waals surface area contributed by atoms with Gasteiger partial charge < -0.3 is 10.4 Å². The summed E-state index contributed by atoms with van der Waals surface area (Å²) in [4.78, 5) is 8.18. The molecule has 2 aromatic rings. The van der Waals surface area contributed by atoms with Crippen molar-refractivity contribution in [2.45, 2.75) is 64.9 Å². The van der Waals surface area contributed by atoms with Crippen LogP contribution in [0.15, 0.2) is 12.1 Å². The highest BCUT2D eigenvalue weighted by molar-refractivity contribution is 5.75. The third kappa shape index (κ3) is 3.89. The third-order valence-corrected chi connectivity index (χ3v) is 4.37. The molecule has 1 fully saturated rings. The van der Waals surface area contributed by atoms with E-state index in [0.29, 0.717) is 17.9 Å². The van der Waals surface area contributed by atoms with Gasteiger partial charge in [-0.05, 0) is 43.2 Å². The Bertz CT molecular complexity index is 760. The Morgan fingerprint density at radius 1 is 1.24 bits per heavy atom. The van der Waals surface area contributed by atoms with Crippen LogP contribution in [-0.2, 0) is 6.18 Å². The Hall–Kier alpha value is -1.83. The Morgan fingerprint density at radius 2 is 1.92 bits per heavy atom. The van der Waals surface area contributed by atoms with Crippen molar-refractivity contribution in [1.29, 1.82) is 0 Å². The lowest BCUT2D eigenvalue weighted by atomic mass is 9.91. The van der Waals surface area contributed by atoms with Gasteiger partial charge in [0.2, 0.25) is 5.95 Å². The molecule has 1 aliphatic carbocycles. The fourth-order valence-electron chi connectivity index (χ4n) is 3.00. The summed E-state index contributed by atoms with van der Waals surface area (Å²) in [5.74, 6) is 0.378. The second kappa shape index (κ2) is 6.16. The maximum atomic E-state index is 13.0. The predicted octanol–water partition coefficient (Wildman–Crippen LogP) is 4.34. The van der Waals surface area contributed by atoms with Crippen LogP contribution in [0.3, 0.4) is 0 Å². The number of aliphatic hydroxyl groups excluding tert-OH is 1. The van der Waals surface area contributed by atoms with E-state index in [4.69, 9.17) is 0 Å². The van der Waals surface area contributed by atoms with E-state index in [1.54, 1.807) is 4.57 Å². The number of aliphatic hydroxyl groups is 1. The molecule has 138 valence electrons. The number of alkyl halides is 3. The van der Waals surface area contributed by atoms with Crippen LogP contribution >= 0.6 is 0 Å². The topological polar surface area (TPSA) is 63.0 Å². The van der Waals surface area contributed by atoms with Gasteiger partial charge in [-0.25, -0.2) is 9.97 Å². The lowest BCUT2D eigenvalue weighted by Crippen LogP contribution is -2.28. The van der Waals surface area contributed by atoms with Crippen molar-refractivity contribution in [3.8, 4) is 0 Å². The van der Waals surface area contributed by atoms with Crippen molar-refractivity contribution >= 4 is 17.1 Å². The molecule has 0 bridgehead atoms. The molecule has 0 radical (unpaired) electrons. The second-order valence-electron chi connectivity index (χ2n) is 7.85. The fraction of sp³-hybridized carbons (Fsp3) is 0.647. The summed E-state index contributed by atoms with van der Waals surface area (Å²) in [6.07, 6.45) is -2.09. The Balaban J connectivity index is 2.00. The Morgan fingerprint density at radius 3 is 2.44 bits per heavy atom. The van der Waals surface area contributed by atoms with Crippen molar-refractivity contribution in [3.63, 3.8) is 0 Å². The summed E-state index contributed by atoms with van der Waals surface area (Å²) in [5.41, 5.74) is -0.417. The molecule has 0 saturated heterocycles. The Labute approximate surface area is 144 Å². The van der Waals surface area contributed by atoms with Crippen LogP contribution in [0.5, 0.6) is 0 Å². The zero-order valence-electron chi connectivity index (χ0n) is 14.6. The van der Waals surface area contributed by atoms with Crippen LogP contribution in [0.2, 0.25) is 0 Å². The number of hydrogen-bond acceptors (Lipinski definition) is 4. The van der Waals surface area contributed by atoms with Crippen molar-refractivity contribution < 1.29 is 18.3 Å². The molecule has 5 nitrogen and oxygen atoms in total. The van der Waals surface area contributed by atoms with Crippen molar-refractivity contribution in [2.24, 2.45) is 5.41 Å². The van der Waals surface area contributed by atoms with E-state index in [1.165, 1.54) is 6.07 Å². The average molecular weight is 356 g/mol. The van der Waals surface area contributed by atoms with Gasteiger partial charge >= 0.3 is 6.18 Å². The minimum absolute atomic E-state index is 0.0605. The minimum atomic E-state index is -4.50. The zero-order valence-corrected chi connectivity index (χ0v) is 14.6. The van der Waals surface area contributed by atoms with Crippen LogP contribution in [0.25, 0.3) is 11.2 Å². The van der Waals surface area contributed by atoms with Gasteiger partial charge in [0.1, 0.15) is 17.4 Å². The van der Waals surface area contributed by atoms with Crippen LogP contribution < -0.4 is 5.32 Å². The molecule has 0 amide bonds. The fourth-order valence-corrected chi connectivity index (χ4v) is 3.00. The summed E-state index contributed by atoms with van der Waals surface area (Å²) < 4.78 is 40.7. The van der Waals surface area contributed by atoms with Gasteiger partial charge in [-0.3, -0.25) is 4.57 Å². The first-order chi connectivity index (χ1) is 11.5. The Kier molecular flexibility index (Phi) is 4.43. The number of halogens is 3. The quantitative estimate of drug-likeness (QED) is 0.800. The maximum Gasteiger partial charge on any atom is 0.433 e. The number of pyridine rings is 1. The van der Waals surface area contributed by atoms with Crippen molar-refractivity contribution in [2.75, 3.05) is 5.32 Å². The molecule has 2 heterocycles. The summed E-state index contributed by atoms with van der Waals surface area (Å²) in [7, 11) is 0. The molecular formula is C17H23F3N4O. The number of nitrogens with one attached hydrogen (secondary N) is 1. The monoisotopic (exact) mass is 356 g/mol. The van der Waals surface area contributed by atoms with Crippen molar-refractivity contribution in [3.05, 3.63) is 17.8 Å². The number of rotatable bonds is 4. The van der Waals surface area contributed by atoms with E-state index in [2.05, 4.69) is 15.3 Å². The average Bonchev–Trinajstić information content (AvgIpc) is 2.71. The second-order valence-corrected chi connectivity index (χ2v) is 7.85. The highest BCUT2D eigenvalue weighted by atomic mass is 19.4. The molecule has 1 saturated carbocycles. The van der Waals surface area contributed by atoms with Gasteiger partial charge in [0.25, 0.3) is 0 Å². The maximum absolute atomic E-state index is 13.0. The van der Waals surface area contributed by atoms with Gasteiger partial charge in [-0.2, -0.15) is 13.2 Å². The van der Waals surface area contributed by atoms with Crippen LogP contribution in [0.4, 0.5) is 19.1 Å². The van der Waals surface area contributed by atoms with Crippen molar-refractivity contribution in [1.82, 2.24) is 14.5 Å². The minimum Gasteiger partial charge on any atom is -0.374 e. The molecule has 25 heavy (non-hydrogen) atoms. The SMILES string of the molecule is CC(C)(C)CC(O)Nc1nc2ccc(C(F)(F)F)nc2n1C1CCC1. The van der Waals surface area contributed by atoms with Gasteiger partial charge in [-0.1, -0.05) is 20.8 Å². The molecule has 3 rings (SSSR count). The molecule has 8 heteroatoms. The number of imidazole rings is 1. The normalized spacial score (nSPS) is 17.6. The standard InChI is InChI=1S/C17H23F3N4O/c1-16(2,3)9-13(25)23-15-21-11-7-8-12(17(18,19)20)22-14(11)24(15)10-5-4-6-10/h7-8,10,13,25H,4-6,9H2,1-3H3,(H,21,23). The number of hydrogen-bond donors (Lipinski definition) is 2.